The predicted octanol–water partition coefficient (Wildman–Crippen LogP) is 1.39. The fraction of sp³-hybridized carbons (Fsp3) is 0.333. The Balaban J connectivity index is 2.50. The zero-order valence-electron chi connectivity index (χ0n) is 10.3. The minimum Gasteiger partial charge on any atom is -0.508 e. The molecule has 0 bridgehead atoms. The van der Waals surface area contributed by atoms with Gasteiger partial charge in [-0.15, -0.1) is 0 Å². The largest absolute Gasteiger partial charge is 0.508 e. The van der Waals surface area contributed by atoms with E-state index in [0.29, 0.717) is 10.5 Å². The van der Waals surface area contributed by atoms with Crippen LogP contribution in [0.1, 0.15) is 5.56 Å². The van der Waals surface area contributed by atoms with Gasteiger partial charge in [-0.2, -0.15) is 13.2 Å². The van der Waals surface area contributed by atoms with Crippen molar-refractivity contribution in [1.29, 1.82) is 0 Å². The molecular formula is C12H10F3NO4. The van der Waals surface area contributed by atoms with Gasteiger partial charge in [-0.1, -0.05) is 6.07 Å². The number of rotatable bonds is 1. The number of hydrogen-bond acceptors (Lipinski definition) is 4. The van der Waals surface area contributed by atoms with Gasteiger partial charge in [0.15, 0.2) is 0 Å². The zero-order chi connectivity index (χ0) is 15.1. The van der Waals surface area contributed by atoms with Crippen molar-refractivity contribution in [3.05, 3.63) is 23.8 Å². The van der Waals surface area contributed by atoms with Crippen molar-refractivity contribution in [1.82, 2.24) is 0 Å². The number of halogens is 3. The number of aromatic hydroxyl groups is 1. The molecule has 1 amide bonds. The highest BCUT2D eigenvalue weighted by atomic mass is 19.4. The zero-order valence-corrected chi connectivity index (χ0v) is 10.3. The average molecular weight is 289 g/mol. The van der Waals surface area contributed by atoms with Crippen LogP contribution in [0.25, 0.3) is 0 Å². The van der Waals surface area contributed by atoms with E-state index in [9.17, 15) is 27.9 Å². The van der Waals surface area contributed by atoms with Crippen LogP contribution in [0.4, 0.5) is 18.9 Å². The van der Waals surface area contributed by atoms with E-state index in [1.807, 2.05) is 0 Å². The van der Waals surface area contributed by atoms with Gasteiger partial charge in [0.05, 0.1) is 12.8 Å². The lowest BCUT2D eigenvalue weighted by Gasteiger charge is -2.24. The van der Waals surface area contributed by atoms with Gasteiger partial charge >= 0.3 is 18.1 Å². The Morgan fingerprint density at radius 2 is 2.05 bits per heavy atom. The molecule has 1 atom stereocenters. The number of ether oxygens (including phenoxy) is 1. The molecule has 8 heteroatoms. The number of phenols is 1. The van der Waals surface area contributed by atoms with Crippen LogP contribution < -0.4 is 4.90 Å². The minimum absolute atomic E-state index is 0.0931. The van der Waals surface area contributed by atoms with Gasteiger partial charge in [0.1, 0.15) is 11.8 Å². The highest BCUT2D eigenvalue weighted by molar-refractivity contribution is 6.04. The summed E-state index contributed by atoms with van der Waals surface area (Å²) in [5, 5.41) is 9.35. The number of benzene rings is 1. The second-order valence-electron chi connectivity index (χ2n) is 4.23. The van der Waals surface area contributed by atoms with Gasteiger partial charge in [0, 0.05) is 12.5 Å². The second kappa shape index (κ2) is 4.69. The first-order valence-electron chi connectivity index (χ1n) is 5.56. The summed E-state index contributed by atoms with van der Waals surface area (Å²) < 4.78 is 42.3. The summed E-state index contributed by atoms with van der Waals surface area (Å²) in [7, 11) is 1.03. The predicted molar refractivity (Wildman–Crippen MR) is 61.2 cm³/mol. The Morgan fingerprint density at radius 1 is 1.40 bits per heavy atom. The van der Waals surface area contributed by atoms with Crippen molar-refractivity contribution < 1.29 is 32.6 Å². The van der Waals surface area contributed by atoms with Crippen molar-refractivity contribution in [2.45, 2.75) is 18.6 Å². The summed E-state index contributed by atoms with van der Waals surface area (Å²) in [5.41, 5.74) is 0.221. The summed E-state index contributed by atoms with van der Waals surface area (Å²) >= 11 is 0. The number of anilines is 1. The number of nitrogens with zero attached hydrogens (tertiary/aromatic N) is 1. The molecule has 0 radical (unpaired) electrons. The molecule has 20 heavy (non-hydrogen) atoms. The smallest absolute Gasteiger partial charge is 0.471 e. The molecule has 0 unspecified atom stereocenters. The van der Waals surface area contributed by atoms with Gasteiger partial charge in [0.2, 0.25) is 0 Å². The van der Waals surface area contributed by atoms with Crippen LogP contribution in [0.3, 0.4) is 0 Å². The van der Waals surface area contributed by atoms with E-state index in [4.69, 9.17) is 0 Å². The molecule has 0 aromatic heterocycles. The quantitative estimate of drug-likeness (QED) is 0.793. The Labute approximate surface area is 111 Å². The van der Waals surface area contributed by atoms with E-state index >= 15 is 0 Å². The Morgan fingerprint density at radius 3 is 2.60 bits per heavy atom. The minimum atomic E-state index is -5.13. The first-order valence-corrected chi connectivity index (χ1v) is 5.56. The third-order valence-electron chi connectivity index (χ3n) is 2.99. The van der Waals surface area contributed by atoms with Crippen molar-refractivity contribution in [3.63, 3.8) is 0 Å². The third kappa shape index (κ3) is 2.28. The van der Waals surface area contributed by atoms with E-state index in [1.165, 1.54) is 12.1 Å². The van der Waals surface area contributed by atoms with Crippen LogP contribution in [-0.2, 0) is 20.7 Å². The molecule has 5 nitrogen and oxygen atoms in total. The van der Waals surface area contributed by atoms with Crippen LogP contribution in [0.2, 0.25) is 0 Å². The first-order chi connectivity index (χ1) is 9.25. The lowest BCUT2D eigenvalue weighted by atomic mass is 10.1. The lowest BCUT2D eigenvalue weighted by molar-refractivity contribution is -0.171. The Hall–Kier alpha value is -2.25. The molecule has 0 saturated carbocycles. The highest BCUT2D eigenvalue weighted by Crippen LogP contribution is 2.37. The summed E-state index contributed by atoms with van der Waals surface area (Å²) in [4.78, 5) is 23.4. The number of hydrogen-bond donors (Lipinski definition) is 1. The van der Waals surface area contributed by atoms with Crippen LogP contribution >= 0.6 is 0 Å². The van der Waals surface area contributed by atoms with Crippen LogP contribution in [-0.4, -0.2) is 36.3 Å². The Bertz CT molecular complexity index is 570. The van der Waals surface area contributed by atoms with E-state index < -0.39 is 24.1 Å². The molecule has 2 rings (SSSR count). The SMILES string of the molecule is COC(=O)[C@@H]1Cc2ccc(O)cc2N1C(=O)C(F)(F)F. The number of methoxy groups -OCH3 is 1. The van der Waals surface area contributed by atoms with E-state index in [2.05, 4.69) is 4.74 Å². The van der Waals surface area contributed by atoms with E-state index in [1.54, 1.807) is 0 Å². The summed E-state index contributed by atoms with van der Waals surface area (Å²) in [6.07, 6.45) is -5.22. The van der Waals surface area contributed by atoms with E-state index in [0.717, 1.165) is 13.2 Å². The normalized spacial score (nSPS) is 17.8. The van der Waals surface area contributed by atoms with Gasteiger partial charge in [-0.25, -0.2) is 4.79 Å². The molecule has 0 saturated heterocycles. The number of carbonyl (C=O) groups excluding carboxylic acids is 2. The van der Waals surface area contributed by atoms with Crippen LogP contribution in [0, 0.1) is 0 Å². The monoisotopic (exact) mass is 289 g/mol. The number of phenolic OH excluding ortho intramolecular Hbond substituents is 1. The summed E-state index contributed by atoms with van der Waals surface area (Å²) in [6, 6.07) is 2.27. The fourth-order valence-corrected chi connectivity index (χ4v) is 2.13. The van der Waals surface area contributed by atoms with E-state index in [-0.39, 0.29) is 17.9 Å². The first kappa shape index (κ1) is 14.2. The molecule has 1 aromatic rings. The van der Waals surface area contributed by atoms with Gasteiger partial charge in [-0.05, 0) is 11.6 Å². The van der Waals surface area contributed by atoms with Crippen LogP contribution in [0.5, 0.6) is 5.75 Å². The molecular weight excluding hydrogens is 279 g/mol. The molecule has 0 aliphatic carbocycles. The number of alkyl halides is 3. The molecule has 1 aromatic carbocycles. The average Bonchev–Trinajstić information content (AvgIpc) is 2.74. The maximum absolute atomic E-state index is 12.6. The van der Waals surface area contributed by atoms with Crippen LogP contribution in [0.15, 0.2) is 18.2 Å². The number of carbonyl (C=O) groups is 2. The maximum atomic E-state index is 12.6. The molecule has 1 heterocycles. The second-order valence-corrected chi connectivity index (χ2v) is 4.23. The molecule has 1 N–H and O–H groups in total. The number of amides is 1. The summed E-state index contributed by atoms with van der Waals surface area (Å²) in [5.74, 6) is -3.41. The van der Waals surface area contributed by atoms with Crippen molar-refractivity contribution in [2.75, 3.05) is 12.0 Å². The topological polar surface area (TPSA) is 66.8 Å². The van der Waals surface area contributed by atoms with Gasteiger partial charge in [0.25, 0.3) is 0 Å². The van der Waals surface area contributed by atoms with Crippen molar-refractivity contribution in [2.24, 2.45) is 0 Å². The molecule has 108 valence electrons. The van der Waals surface area contributed by atoms with Crippen molar-refractivity contribution >= 4 is 17.6 Å². The maximum Gasteiger partial charge on any atom is 0.471 e. The third-order valence-corrected chi connectivity index (χ3v) is 2.99. The molecule has 0 spiro atoms. The Kier molecular flexibility index (Phi) is 3.33. The number of fused-ring (bicyclic) bond motifs is 1. The van der Waals surface area contributed by atoms with Gasteiger partial charge < -0.3 is 9.84 Å². The molecule has 1 aliphatic heterocycles. The lowest BCUT2D eigenvalue weighted by Crippen LogP contribution is -2.49. The van der Waals surface area contributed by atoms with Crippen molar-refractivity contribution in [3.8, 4) is 5.75 Å². The molecule has 0 fully saturated rings. The highest BCUT2D eigenvalue weighted by Gasteiger charge is 2.50. The standard InChI is InChI=1S/C12H10F3NO4/c1-20-10(18)9-4-6-2-3-7(17)5-8(6)16(9)11(19)12(13,14)15/h2-3,5,9,17H,4H2,1H3/t9-/m0/s1. The molecule has 1 aliphatic rings. The fourth-order valence-electron chi connectivity index (χ4n) is 2.13. The van der Waals surface area contributed by atoms with Gasteiger partial charge in [-0.3, -0.25) is 9.69 Å². The summed E-state index contributed by atoms with van der Waals surface area (Å²) in [6.45, 7) is 0. The number of esters is 1.